The predicted molar refractivity (Wildman–Crippen MR) is 136 cm³/mol. The van der Waals surface area contributed by atoms with Gasteiger partial charge < -0.3 is 9.74 Å². The first-order chi connectivity index (χ1) is 17.0. The van der Waals surface area contributed by atoms with Crippen molar-refractivity contribution in [3.63, 3.8) is 0 Å². The van der Waals surface area contributed by atoms with Gasteiger partial charge in [-0.1, -0.05) is 35.5 Å². The van der Waals surface area contributed by atoms with E-state index in [0.29, 0.717) is 29.9 Å². The van der Waals surface area contributed by atoms with Gasteiger partial charge in [0.25, 0.3) is 5.82 Å². The lowest BCUT2D eigenvalue weighted by Gasteiger charge is -2.48. The lowest BCUT2D eigenvalue weighted by molar-refractivity contribution is -0.138. The van der Waals surface area contributed by atoms with Gasteiger partial charge in [-0.05, 0) is 50.1 Å². The highest BCUT2D eigenvalue weighted by molar-refractivity contribution is 9.10. The highest BCUT2D eigenvalue weighted by Gasteiger charge is 2.37. The molecule has 0 bridgehead atoms. The minimum atomic E-state index is -4.42. The van der Waals surface area contributed by atoms with E-state index in [-0.39, 0.29) is 28.4 Å². The third-order valence-corrected chi connectivity index (χ3v) is 7.60. The summed E-state index contributed by atoms with van der Waals surface area (Å²) in [6.45, 7) is 14.6. The summed E-state index contributed by atoms with van der Waals surface area (Å²) in [6, 6.07) is 7.36. The summed E-state index contributed by atoms with van der Waals surface area (Å²) in [5.74, 6) is 0.679. The molecule has 0 saturated carbocycles. The Morgan fingerprint density at radius 3 is 2.56 bits per heavy atom. The van der Waals surface area contributed by atoms with E-state index in [1.54, 1.807) is 25.2 Å². The summed E-state index contributed by atoms with van der Waals surface area (Å²) in [7, 11) is 1.63. The molecule has 190 valence electrons. The number of benzene rings is 1. The topological polar surface area (TPSA) is 58.6 Å². The summed E-state index contributed by atoms with van der Waals surface area (Å²) in [4.78, 5) is 29.2. The van der Waals surface area contributed by atoms with Gasteiger partial charge in [0.2, 0.25) is 5.52 Å². The second-order valence-electron chi connectivity index (χ2n) is 9.10. The molecule has 1 aliphatic heterocycles. The molecular formula is C25H26BrF3N6O. The van der Waals surface area contributed by atoms with Gasteiger partial charge in [-0.15, -0.1) is 4.98 Å². The van der Waals surface area contributed by atoms with Crippen LogP contribution >= 0.6 is 15.9 Å². The maximum absolute atomic E-state index is 13.2. The first-order valence-corrected chi connectivity index (χ1v) is 12.4. The number of pyridine rings is 1. The average molecular weight is 563 g/mol. The Morgan fingerprint density at radius 2 is 1.94 bits per heavy atom. The quantitative estimate of drug-likeness (QED) is 0.381. The molecule has 0 aliphatic carbocycles. The number of hydrogen-bond donors (Lipinski definition) is 0. The highest BCUT2D eigenvalue weighted by atomic mass is 79.9. The molecule has 11 heteroatoms. The van der Waals surface area contributed by atoms with E-state index < -0.39 is 17.4 Å². The molecule has 0 amide bonds. The van der Waals surface area contributed by atoms with Crippen molar-refractivity contribution in [1.82, 2.24) is 19.4 Å². The molecule has 1 fully saturated rings. The maximum atomic E-state index is 13.2. The zero-order valence-electron chi connectivity index (χ0n) is 20.3. The van der Waals surface area contributed by atoms with E-state index in [2.05, 4.69) is 47.5 Å². The van der Waals surface area contributed by atoms with Gasteiger partial charge in [0.05, 0.1) is 11.1 Å². The molecule has 0 spiro atoms. The van der Waals surface area contributed by atoms with E-state index in [0.717, 1.165) is 18.1 Å². The van der Waals surface area contributed by atoms with Crippen LogP contribution in [-0.2, 0) is 13.2 Å². The highest BCUT2D eigenvalue weighted by Crippen LogP contribution is 2.38. The van der Waals surface area contributed by atoms with Gasteiger partial charge in [0.1, 0.15) is 0 Å². The van der Waals surface area contributed by atoms with Crippen LogP contribution in [-0.4, -0.2) is 44.6 Å². The molecule has 2 aromatic heterocycles. The van der Waals surface area contributed by atoms with E-state index in [1.165, 1.54) is 10.6 Å². The van der Waals surface area contributed by atoms with Crippen LogP contribution in [0.4, 0.5) is 24.8 Å². The van der Waals surface area contributed by atoms with Crippen LogP contribution in [0.3, 0.4) is 0 Å². The van der Waals surface area contributed by atoms with Crippen molar-refractivity contribution in [3.8, 4) is 0 Å². The number of fused-ring (bicyclic) bond motifs is 1. The minimum absolute atomic E-state index is 0.0246. The average Bonchev–Trinajstić information content (AvgIpc) is 2.84. The Morgan fingerprint density at radius 1 is 1.22 bits per heavy atom. The lowest BCUT2D eigenvalue weighted by atomic mass is 9.98. The molecule has 3 heterocycles. The van der Waals surface area contributed by atoms with Crippen molar-refractivity contribution in [1.29, 1.82) is 0 Å². The van der Waals surface area contributed by atoms with Gasteiger partial charge in [-0.3, -0.25) is 9.47 Å². The number of halogens is 4. The van der Waals surface area contributed by atoms with Crippen LogP contribution in [0.15, 0.2) is 39.6 Å². The van der Waals surface area contributed by atoms with E-state index in [9.17, 15) is 18.0 Å². The monoisotopic (exact) mass is 562 g/mol. The van der Waals surface area contributed by atoms with Crippen LogP contribution in [0.1, 0.15) is 44.4 Å². The lowest BCUT2D eigenvalue weighted by Crippen LogP contribution is -2.58. The molecule has 1 aliphatic rings. The number of aromatic nitrogens is 3. The first-order valence-electron chi connectivity index (χ1n) is 11.6. The van der Waals surface area contributed by atoms with E-state index in [4.69, 9.17) is 6.57 Å². The Hall–Kier alpha value is -2.97. The number of piperazine rings is 1. The van der Waals surface area contributed by atoms with Crippen LogP contribution in [0.25, 0.3) is 15.9 Å². The normalized spacial score (nSPS) is 19.9. The molecule has 4 rings (SSSR count). The third-order valence-electron chi connectivity index (χ3n) is 6.94. The minimum Gasteiger partial charge on any atom is -0.361 e. The molecule has 3 atom stereocenters. The zero-order valence-corrected chi connectivity index (χ0v) is 21.9. The molecular weight excluding hydrogens is 537 g/mol. The van der Waals surface area contributed by atoms with Gasteiger partial charge >= 0.3 is 11.9 Å². The molecule has 1 saturated heterocycles. The zero-order chi connectivity index (χ0) is 26.4. The fourth-order valence-corrected chi connectivity index (χ4v) is 5.49. The Labute approximate surface area is 215 Å². The van der Waals surface area contributed by atoms with Crippen LogP contribution in [0.5, 0.6) is 0 Å². The molecule has 7 nitrogen and oxygen atoms in total. The Balaban J connectivity index is 1.69. The van der Waals surface area contributed by atoms with Crippen molar-refractivity contribution >= 4 is 38.6 Å². The number of alkyl halides is 3. The second-order valence-corrected chi connectivity index (χ2v) is 9.95. The Bertz CT molecular complexity index is 1400. The smallest absolute Gasteiger partial charge is 0.361 e. The molecule has 1 aromatic carbocycles. The largest absolute Gasteiger partial charge is 0.417 e. The number of anilines is 1. The third kappa shape index (κ3) is 4.72. The van der Waals surface area contributed by atoms with Crippen molar-refractivity contribution in [2.75, 3.05) is 18.0 Å². The summed E-state index contributed by atoms with van der Waals surface area (Å²) in [6.07, 6.45) is -3.63. The molecule has 0 N–H and O–H groups in total. The predicted octanol–water partition coefficient (Wildman–Crippen LogP) is 5.71. The summed E-state index contributed by atoms with van der Waals surface area (Å²) in [5.41, 5.74) is 0.789. The fraction of sp³-hybridized carbons (Fsp3) is 0.440. The van der Waals surface area contributed by atoms with Crippen molar-refractivity contribution in [2.24, 2.45) is 7.05 Å². The molecule has 1 unspecified atom stereocenters. The SMILES string of the molecule is [C-]#[N+]c1ccc2c(n1)c(N1C[C@@H](CC)N(C(C)c3ccc(C(F)(F)F)c(Br)c3)C[C@@H]1C)nc(=O)n2C. The van der Waals surface area contributed by atoms with Gasteiger partial charge in [-0.2, -0.15) is 18.2 Å². The molecule has 0 radical (unpaired) electrons. The standard InChI is InChI=1S/C25H26BrF3N6O/c1-6-17-13-34(23-22-20(33(5)24(36)32-23)9-10-21(30-4)31-22)14(2)12-35(17)15(3)16-7-8-18(19(26)11-16)25(27,28)29/h7-11,14-15,17H,6,12-13H2,1-3,5H3/t14-,15?,17+/m0/s1. The maximum Gasteiger partial charge on any atom is 0.417 e. The second kappa shape index (κ2) is 9.82. The number of aryl methyl sites for hydroxylation is 1. The molecule has 3 aromatic rings. The van der Waals surface area contributed by atoms with Crippen LogP contribution in [0, 0.1) is 6.57 Å². The Kier molecular flexibility index (Phi) is 7.12. The van der Waals surface area contributed by atoms with Crippen molar-refractivity contribution in [3.05, 3.63) is 67.8 Å². The van der Waals surface area contributed by atoms with E-state index in [1.807, 2.05) is 13.8 Å². The van der Waals surface area contributed by atoms with Gasteiger partial charge in [0, 0.05) is 42.7 Å². The number of rotatable bonds is 4. The first kappa shape index (κ1) is 26.1. The van der Waals surface area contributed by atoms with Crippen molar-refractivity contribution < 1.29 is 13.2 Å². The number of hydrogen-bond acceptors (Lipinski definition) is 5. The summed E-state index contributed by atoms with van der Waals surface area (Å²) >= 11 is 3.09. The summed E-state index contributed by atoms with van der Waals surface area (Å²) < 4.78 is 41.1. The molecule has 36 heavy (non-hydrogen) atoms. The number of nitrogens with zero attached hydrogens (tertiary/aromatic N) is 6. The fourth-order valence-electron chi connectivity index (χ4n) is 4.87. The summed E-state index contributed by atoms with van der Waals surface area (Å²) in [5, 5.41) is 0. The van der Waals surface area contributed by atoms with Gasteiger partial charge in [0.15, 0.2) is 5.82 Å². The van der Waals surface area contributed by atoms with Gasteiger partial charge in [-0.25, -0.2) is 4.79 Å². The van der Waals surface area contributed by atoms with Crippen LogP contribution in [0.2, 0.25) is 0 Å². The van der Waals surface area contributed by atoms with E-state index >= 15 is 0 Å². The van der Waals surface area contributed by atoms with Crippen LogP contribution < -0.4 is 10.6 Å². The van der Waals surface area contributed by atoms with Crippen molar-refractivity contribution in [2.45, 2.75) is 51.5 Å².